The molecule has 0 spiro atoms. The minimum absolute atomic E-state index is 0.388. The smallest absolute Gasteiger partial charge is 0.141 e. The molecule has 0 aliphatic heterocycles. The van der Waals surface area contributed by atoms with E-state index in [-0.39, 0.29) is 0 Å². The van der Waals surface area contributed by atoms with Crippen LogP contribution in [-0.4, -0.2) is 15.0 Å². The van der Waals surface area contributed by atoms with Gasteiger partial charge in [-0.1, -0.05) is 23.2 Å². The van der Waals surface area contributed by atoms with Gasteiger partial charge in [-0.25, -0.2) is 4.98 Å². The fraction of sp³-hybridized carbons (Fsp3) is 0.0714. The summed E-state index contributed by atoms with van der Waals surface area (Å²) in [6.45, 7) is 1.88. The van der Waals surface area contributed by atoms with Crippen molar-refractivity contribution in [1.82, 2.24) is 15.0 Å². The average molecular weight is 303 g/mol. The van der Waals surface area contributed by atoms with Crippen molar-refractivity contribution in [2.75, 3.05) is 0 Å². The van der Waals surface area contributed by atoms with Crippen LogP contribution in [0, 0.1) is 18.3 Å². The van der Waals surface area contributed by atoms with Crippen molar-refractivity contribution >= 4 is 34.2 Å². The summed E-state index contributed by atoms with van der Waals surface area (Å²) < 4.78 is 0. The number of hydrogen-bond donors (Lipinski definition) is 1. The lowest BCUT2D eigenvalue weighted by Gasteiger charge is -2.04. The van der Waals surface area contributed by atoms with Crippen LogP contribution in [-0.2, 0) is 0 Å². The minimum Gasteiger partial charge on any atom is -0.338 e. The molecule has 0 aliphatic carbocycles. The van der Waals surface area contributed by atoms with Crippen LogP contribution in [0.15, 0.2) is 24.4 Å². The lowest BCUT2D eigenvalue weighted by atomic mass is 10.1. The maximum absolute atomic E-state index is 8.90. The Bertz CT molecular complexity index is 838. The van der Waals surface area contributed by atoms with Crippen LogP contribution in [0.4, 0.5) is 0 Å². The van der Waals surface area contributed by atoms with Crippen molar-refractivity contribution in [1.29, 1.82) is 5.26 Å². The molecule has 0 atom stereocenters. The number of rotatable bonds is 1. The van der Waals surface area contributed by atoms with Gasteiger partial charge in [-0.05, 0) is 25.1 Å². The van der Waals surface area contributed by atoms with Gasteiger partial charge in [-0.2, -0.15) is 5.26 Å². The fourth-order valence-corrected chi connectivity index (χ4v) is 2.72. The Morgan fingerprint density at radius 2 is 1.95 bits per heavy atom. The summed E-state index contributed by atoms with van der Waals surface area (Å²) in [7, 11) is 0. The van der Waals surface area contributed by atoms with E-state index in [9.17, 15) is 0 Å². The number of aryl methyl sites for hydroxylation is 1. The molecule has 4 nitrogen and oxygen atoms in total. The number of halogens is 2. The van der Waals surface area contributed by atoms with E-state index < -0.39 is 0 Å². The number of fused-ring (bicyclic) bond motifs is 1. The van der Waals surface area contributed by atoms with Gasteiger partial charge in [-0.3, -0.25) is 4.98 Å². The van der Waals surface area contributed by atoms with Gasteiger partial charge in [0.1, 0.15) is 11.3 Å². The first kappa shape index (κ1) is 12.9. The fourth-order valence-electron chi connectivity index (χ4n) is 2.05. The van der Waals surface area contributed by atoms with E-state index in [1.165, 1.54) is 0 Å². The second-order valence-corrected chi connectivity index (χ2v) is 5.12. The van der Waals surface area contributed by atoms with E-state index in [0.717, 1.165) is 16.7 Å². The maximum atomic E-state index is 8.90. The van der Waals surface area contributed by atoms with Gasteiger partial charge in [0.05, 0.1) is 38.5 Å². The molecule has 0 saturated carbocycles. The second kappa shape index (κ2) is 4.78. The molecule has 2 aromatic heterocycles. The molecular formula is C14H8Cl2N4. The van der Waals surface area contributed by atoms with Gasteiger partial charge in [0, 0.05) is 6.20 Å². The number of nitriles is 1. The summed E-state index contributed by atoms with van der Waals surface area (Å²) in [5, 5.41) is 9.68. The Morgan fingerprint density at radius 3 is 2.55 bits per heavy atom. The van der Waals surface area contributed by atoms with E-state index in [1.807, 2.05) is 19.1 Å². The molecule has 2 heterocycles. The van der Waals surface area contributed by atoms with Crippen LogP contribution in [0.25, 0.3) is 22.4 Å². The lowest BCUT2D eigenvalue weighted by Crippen LogP contribution is -1.86. The van der Waals surface area contributed by atoms with E-state index in [1.54, 1.807) is 18.3 Å². The van der Waals surface area contributed by atoms with Crippen LogP contribution >= 0.6 is 23.2 Å². The van der Waals surface area contributed by atoms with E-state index in [0.29, 0.717) is 27.0 Å². The Balaban J connectivity index is 2.26. The molecule has 0 bridgehead atoms. The third kappa shape index (κ3) is 2.01. The van der Waals surface area contributed by atoms with E-state index >= 15 is 0 Å². The quantitative estimate of drug-likeness (QED) is 0.735. The third-order valence-electron chi connectivity index (χ3n) is 2.99. The van der Waals surface area contributed by atoms with Gasteiger partial charge in [0.15, 0.2) is 0 Å². The first-order chi connectivity index (χ1) is 9.60. The number of nitrogens with zero attached hydrogens (tertiary/aromatic N) is 3. The number of pyridine rings is 1. The number of benzene rings is 1. The number of aromatic amines is 1. The van der Waals surface area contributed by atoms with Gasteiger partial charge < -0.3 is 4.98 Å². The van der Waals surface area contributed by atoms with Crippen LogP contribution in [0.5, 0.6) is 0 Å². The van der Waals surface area contributed by atoms with Crippen molar-refractivity contribution in [3.63, 3.8) is 0 Å². The predicted octanol–water partition coefficient (Wildman–Crippen LogP) is 4.11. The normalized spacial score (nSPS) is 10.7. The third-order valence-corrected chi connectivity index (χ3v) is 3.59. The highest BCUT2D eigenvalue weighted by atomic mass is 35.5. The van der Waals surface area contributed by atoms with Gasteiger partial charge in [0.25, 0.3) is 0 Å². The Labute approximate surface area is 125 Å². The molecule has 1 N–H and O–H groups in total. The molecule has 3 aromatic rings. The monoisotopic (exact) mass is 302 g/mol. The SMILES string of the molecule is Cc1nccc2[nH]c(-c3c(Cl)cc(C#N)cc3Cl)nc12. The van der Waals surface area contributed by atoms with E-state index in [2.05, 4.69) is 15.0 Å². The molecule has 0 saturated heterocycles. The van der Waals surface area contributed by atoms with Crippen LogP contribution in [0.1, 0.15) is 11.3 Å². The minimum atomic E-state index is 0.388. The molecule has 6 heteroatoms. The summed E-state index contributed by atoms with van der Waals surface area (Å²) in [5.41, 5.74) is 3.47. The van der Waals surface area contributed by atoms with Crippen molar-refractivity contribution < 1.29 is 0 Å². The van der Waals surface area contributed by atoms with Crippen molar-refractivity contribution in [2.24, 2.45) is 0 Å². The summed E-state index contributed by atoms with van der Waals surface area (Å²) in [4.78, 5) is 11.9. The largest absolute Gasteiger partial charge is 0.338 e. The highest BCUT2D eigenvalue weighted by Gasteiger charge is 2.15. The van der Waals surface area contributed by atoms with Crippen LogP contribution in [0.2, 0.25) is 10.0 Å². The average Bonchev–Trinajstić information content (AvgIpc) is 2.82. The first-order valence-corrected chi connectivity index (χ1v) is 6.56. The molecular weight excluding hydrogens is 295 g/mol. The molecule has 0 fully saturated rings. The van der Waals surface area contributed by atoms with Crippen LogP contribution < -0.4 is 0 Å². The number of H-pyrrole nitrogens is 1. The first-order valence-electron chi connectivity index (χ1n) is 5.81. The summed E-state index contributed by atoms with van der Waals surface area (Å²) >= 11 is 12.4. The molecule has 3 rings (SSSR count). The standard InChI is InChI=1S/C14H8Cl2N4/c1-7-13-11(2-3-18-7)19-14(20-13)12-9(15)4-8(6-17)5-10(12)16/h2-5H,1H3,(H,19,20). The van der Waals surface area contributed by atoms with Crippen molar-refractivity contribution in [2.45, 2.75) is 6.92 Å². The molecule has 98 valence electrons. The topological polar surface area (TPSA) is 65.4 Å². The Morgan fingerprint density at radius 1 is 1.25 bits per heavy atom. The number of nitrogens with one attached hydrogen (secondary N) is 1. The highest BCUT2D eigenvalue weighted by molar-refractivity contribution is 6.39. The van der Waals surface area contributed by atoms with Gasteiger partial charge in [0.2, 0.25) is 0 Å². The highest BCUT2D eigenvalue weighted by Crippen LogP contribution is 2.35. The molecule has 0 aliphatic rings. The zero-order valence-electron chi connectivity index (χ0n) is 10.4. The Hall–Kier alpha value is -2.09. The zero-order chi connectivity index (χ0) is 14.3. The lowest BCUT2D eigenvalue weighted by molar-refractivity contribution is 1.22. The summed E-state index contributed by atoms with van der Waals surface area (Å²) in [6, 6.07) is 6.99. The molecule has 0 amide bonds. The number of aromatic nitrogens is 3. The summed E-state index contributed by atoms with van der Waals surface area (Å²) in [5.74, 6) is 0.565. The second-order valence-electron chi connectivity index (χ2n) is 4.30. The molecule has 0 unspecified atom stereocenters. The van der Waals surface area contributed by atoms with Crippen LogP contribution in [0.3, 0.4) is 0 Å². The number of imidazole rings is 1. The van der Waals surface area contributed by atoms with Crippen molar-refractivity contribution in [3.05, 3.63) is 45.7 Å². The maximum Gasteiger partial charge on any atom is 0.141 e. The van der Waals surface area contributed by atoms with Gasteiger partial charge in [-0.15, -0.1) is 0 Å². The predicted molar refractivity (Wildman–Crippen MR) is 78.8 cm³/mol. The molecule has 1 aromatic carbocycles. The zero-order valence-corrected chi connectivity index (χ0v) is 11.9. The van der Waals surface area contributed by atoms with E-state index in [4.69, 9.17) is 28.5 Å². The van der Waals surface area contributed by atoms with Gasteiger partial charge >= 0.3 is 0 Å². The van der Waals surface area contributed by atoms with Crippen molar-refractivity contribution in [3.8, 4) is 17.5 Å². The summed E-state index contributed by atoms with van der Waals surface area (Å²) in [6.07, 6.45) is 1.71. The Kier molecular flexibility index (Phi) is 3.09. The number of hydrogen-bond acceptors (Lipinski definition) is 3. The molecule has 0 radical (unpaired) electrons. The molecule has 20 heavy (non-hydrogen) atoms.